The van der Waals surface area contributed by atoms with Crippen LogP contribution in [0.2, 0.25) is 0 Å². The fraction of sp³-hybridized carbons (Fsp3) is 0.471. The van der Waals surface area contributed by atoms with Crippen LogP contribution in [0.3, 0.4) is 0 Å². The Labute approximate surface area is 145 Å². The summed E-state index contributed by atoms with van der Waals surface area (Å²) in [5, 5.41) is 13.7. The third-order valence-electron chi connectivity index (χ3n) is 4.25. The number of methoxy groups -OCH3 is 1. The molecule has 24 heavy (non-hydrogen) atoms. The molecule has 3 rings (SSSR count). The van der Waals surface area contributed by atoms with E-state index in [4.69, 9.17) is 4.74 Å². The zero-order valence-electron chi connectivity index (χ0n) is 13.9. The number of esters is 1. The lowest BCUT2D eigenvalue weighted by atomic mass is 10.0. The molecule has 7 heteroatoms. The van der Waals surface area contributed by atoms with Crippen LogP contribution in [0.15, 0.2) is 30.3 Å². The maximum Gasteiger partial charge on any atom is 0.327 e. The molecular weight excluding hydrogens is 324 g/mol. The van der Waals surface area contributed by atoms with Gasteiger partial charge in [0.25, 0.3) is 0 Å². The Balaban J connectivity index is 1.61. The van der Waals surface area contributed by atoms with Crippen LogP contribution in [0.1, 0.15) is 29.5 Å². The van der Waals surface area contributed by atoms with Gasteiger partial charge in [0.15, 0.2) is 0 Å². The Morgan fingerprint density at radius 3 is 2.58 bits per heavy atom. The van der Waals surface area contributed by atoms with Crippen LogP contribution in [0.5, 0.6) is 0 Å². The minimum atomic E-state index is -0.420. The molecule has 6 nitrogen and oxygen atoms in total. The first-order chi connectivity index (χ1) is 11.7. The second kappa shape index (κ2) is 7.72. The van der Waals surface area contributed by atoms with E-state index in [0.29, 0.717) is 0 Å². The monoisotopic (exact) mass is 346 g/mol. The van der Waals surface area contributed by atoms with E-state index in [9.17, 15) is 4.79 Å². The van der Waals surface area contributed by atoms with Gasteiger partial charge in [0, 0.05) is 19.1 Å². The van der Waals surface area contributed by atoms with E-state index in [1.165, 1.54) is 7.11 Å². The molecule has 0 spiro atoms. The van der Waals surface area contributed by atoms with Crippen LogP contribution < -0.4 is 10.2 Å². The molecule has 128 valence electrons. The highest BCUT2D eigenvalue weighted by atomic mass is 32.1. The molecule has 0 radical (unpaired) electrons. The van der Waals surface area contributed by atoms with E-state index in [-0.39, 0.29) is 12.0 Å². The molecule has 1 aliphatic rings. The minimum Gasteiger partial charge on any atom is -0.468 e. The molecule has 1 fully saturated rings. The van der Waals surface area contributed by atoms with Gasteiger partial charge in [-0.15, -0.1) is 10.2 Å². The maximum atomic E-state index is 12.2. The Hall–Kier alpha value is -1.99. The lowest BCUT2D eigenvalue weighted by Gasteiger charge is -2.33. The highest BCUT2D eigenvalue weighted by Gasteiger charge is 2.28. The SMILES string of the molecule is COC(=O)[C@@H](NC1CCN(c2nnc(C)s2)CC1)c1ccccc1. The summed E-state index contributed by atoms with van der Waals surface area (Å²) in [5.74, 6) is -0.247. The first kappa shape index (κ1) is 16.9. The maximum absolute atomic E-state index is 12.2. The lowest BCUT2D eigenvalue weighted by Crippen LogP contribution is -2.45. The lowest BCUT2D eigenvalue weighted by molar-refractivity contribution is -0.143. The first-order valence-corrected chi connectivity index (χ1v) is 8.93. The number of nitrogens with one attached hydrogen (secondary N) is 1. The smallest absolute Gasteiger partial charge is 0.327 e. The van der Waals surface area contributed by atoms with Crippen LogP contribution in [0.25, 0.3) is 0 Å². The second-order valence-corrected chi connectivity index (χ2v) is 7.06. The number of aromatic nitrogens is 2. The molecule has 1 atom stereocenters. The summed E-state index contributed by atoms with van der Waals surface area (Å²) in [7, 11) is 1.43. The van der Waals surface area contributed by atoms with Gasteiger partial charge in [0.05, 0.1) is 7.11 Å². The predicted octanol–water partition coefficient (Wildman–Crippen LogP) is 2.32. The summed E-state index contributed by atoms with van der Waals surface area (Å²) in [6.07, 6.45) is 1.91. The number of carbonyl (C=O) groups excluding carboxylic acids is 1. The van der Waals surface area contributed by atoms with Crippen LogP contribution >= 0.6 is 11.3 Å². The summed E-state index contributed by atoms with van der Waals surface area (Å²) < 4.78 is 4.97. The normalized spacial score (nSPS) is 16.8. The summed E-state index contributed by atoms with van der Waals surface area (Å²) >= 11 is 1.62. The third kappa shape index (κ3) is 3.91. The first-order valence-electron chi connectivity index (χ1n) is 8.11. The molecule has 2 heterocycles. The minimum absolute atomic E-state index is 0.247. The van der Waals surface area contributed by atoms with Crippen molar-refractivity contribution in [1.29, 1.82) is 0 Å². The molecule has 0 unspecified atom stereocenters. The number of nitrogens with zero attached hydrogens (tertiary/aromatic N) is 3. The number of hydrogen-bond acceptors (Lipinski definition) is 7. The summed E-state index contributed by atoms with van der Waals surface area (Å²) in [4.78, 5) is 14.4. The van der Waals surface area contributed by atoms with Gasteiger partial charge in [-0.3, -0.25) is 5.32 Å². The Morgan fingerprint density at radius 2 is 2.00 bits per heavy atom. The van der Waals surface area contributed by atoms with E-state index < -0.39 is 6.04 Å². The Bertz CT molecular complexity index is 668. The van der Waals surface area contributed by atoms with Crippen molar-refractivity contribution >= 4 is 22.4 Å². The molecule has 0 amide bonds. The number of hydrogen-bond donors (Lipinski definition) is 1. The van der Waals surface area contributed by atoms with Gasteiger partial charge in [-0.05, 0) is 25.3 Å². The molecule has 0 bridgehead atoms. The van der Waals surface area contributed by atoms with Gasteiger partial charge in [-0.25, -0.2) is 4.79 Å². The number of ether oxygens (including phenoxy) is 1. The van der Waals surface area contributed by atoms with Crippen molar-refractivity contribution in [2.45, 2.75) is 31.8 Å². The fourth-order valence-corrected chi connectivity index (χ4v) is 3.69. The third-order valence-corrected chi connectivity index (χ3v) is 5.15. The van der Waals surface area contributed by atoms with Gasteiger partial charge in [0.1, 0.15) is 11.0 Å². The standard InChI is InChI=1S/C17H22N4O2S/c1-12-19-20-17(24-12)21-10-8-14(9-11-21)18-15(16(22)23-2)13-6-4-3-5-7-13/h3-7,14-15,18H,8-11H2,1-2H3/t15-/m0/s1. The van der Waals surface area contributed by atoms with Crippen molar-refractivity contribution in [3.63, 3.8) is 0 Å². The number of benzene rings is 1. The average molecular weight is 346 g/mol. The van der Waals surface area contributed by atoms with Crippen molar-refractivity contribution in [1.82, 2.24) is 15.5 Å². The zero-order valence-corrected chi connectivity index (χ0v) is 14.8. The van der Waals surface area contributed by atoms with Crippen molar-refractivity contribution in [2.24, 2.45) is 0 Å². The molecule has 1 aliphatic heterocycles. The van der Waals surface area contributed by atoms with Crippen LogP contribution in [-0.4, -0.2) is 42.4 Å². The molecular formula is C17H22N4O2S. The molecule has 1 saturated heterocycles. The van der Waals surface area contributed by atoms with E-state index in [2.05, 4.69) is 20.4 Å². The van der Waals surface area contributed by atoms with Crippen LogP contribution in [0.4, 0.5) is 5.13 Å². The fourth-order valence-electron chi connectivity index (χ4n) is 2.95. The molecule has 0 aliphatic carbocycles. The van der Waals surface area contributed by atoms with Crippen molar-refractivity contribution in [2.75, 3.05) is 25.1 Å². The summed E-state index contributed by atoms with van der Waals surface area (Å²) in [6.45, 7) is 3.79. The Morgan fingerprint density at radius 1 is 1.29 bits per heavy atom. The van der Waals surface area contributed by atoms with Crippen molar-refractivity contribution < 1.29 is 9.53 Å². The molecule has 1 aromatic carbocycles. The highest BCUT2D eigenvalue weighted by molar-refractivity contribution is 7.15. The average Bonchev–Trinajstić information content (AvgIpc) is 3.06. The molecule has 2 aromatic rings. The van der Waals surface area contributed by atoms with Crippen LogP contribution in [0, 0.1) is 6.92 Å². The van der Waals surface area contributed by atoms with E-state index in [1.807, 2.05) is 37.3 Å². The topological polar surface area (TPSA) is 67.3 Å². The van der Waals surface area contributed by atoms with Crippen molar-refractivity contribution in [3.8, 4) is 0 Å². The second-order valence-electron chi connectivity index (χ2n) is 5.90. The number of piperidine rings is 1. The predicted molar refractivity (Wildman–Crippen MR) is 94.2 cm³/mol. The quantitative estimate of drug-likeness (QED) is 0.838. The van der Waals surface area contributed by atoms with E-state index >= 15 is 0 Å². The molecule has 0 saturated carbocycles. The van der Waals surface area contributed by atoms with Gasteiger partial charge < -0.3 is 9.64 Å². The summed E-state index contributed by atoms with van der Waals surface area (Å²) in [6, 6.07) is 9.58. The van der Waals surface area contributed by atoms with E-state index in [0.717, 1.165) is 41.6 Å². The van der Waals surface area contributed by atoms with E-state index in [1.54, 1.807) is 11.3 Å². The number of anilines is 1. The molecule has 1 aromatic heterocycles. The summed E-state index contributed by atoms with van der Waals surface area (Å²) in [5.41, 5.74) is 0.937. The van der Waals surface area contributed by atoms with Gasteiger partial charge in [0.2, 0.25) is 5.13 Å². The van der Waals surface area contributed by atoms with Gasteiger partial charge >= 0.3 is 5.97 Å². The number of carbonyl (C=O) groups is 1. The van der Waals surface area contributed by atoms with Gasteiger partial charge in [-0.1, -0.05) is 41.7 Å². The highest BCUT2D eigenvalue weighted by Crippen LogP contribution is 2.25. The Kier molecular flexibility index (Phi) is 5.42. The van der Waals surface area contributed by atoms with Crippen LogP contribution in [-0.2, 0) is 9.53 Å². The number of rotatable bonds is 5. The molecule has 1 N–H and O–H groups in total. The van der Waals surface area contributed by atoms with Crippen molar-refractivity contribution in [3.05, 3.63) is 40.9 Å². The largest absolute Gasteiger partial charge is 0.468 e. The zero-order chi connectivity index (χ0) is 16.9. The van der Waals surface area contributed by atoms with Gasteiger partial charge in [-0.2, -0.15) is 0 Å². The number of aryl methyl sites for hydroxylation is 1.